The van der Waals surface area contributed by atoms with E-state index in [4.69, 9.17) is 0 Å². The van der Waals surface area contributed by atoms with Gasteiger partial charge in [-0.3, -0.25) is 0 Å². The summed E-state index contributed by atoms with van der Waals surface area (Å²) in [5.41, 5.74) is 3.35. The van der Waals surface area contributed by atoms with Crippen molar-refractivity contribution in [3.05, 3.63) is 48.1 Å². The van der Waals surface area contributed by atoms with Gasteiger partial charge < -0.3 is 9.79 Å². The van der Waals surface area contributed by atoms with Crippen LogP contribution in [0, 0.1) is 6.08 Å². The van der Waals surface area contributed by atoms with Crippen molar-refractivity contribution in [2.24, 2.45) is 4.99 Å². The first-order chi connectivity index (χ1) is 6.86. The van der Waals surface area contributed by atoms with Crippen molar-refractivity contribution in [2.45, 2.75) is 0 Å². The lowest BCUT2D eigenvalue weighted by molar-refractivity contribution is -0.109. The summed E-state index contributed by atoms with van der Waals surface area (Å²) >= 11 is 0. The van der Waals surface area contributed by atoms with Crippen LogP contribution < -0.4 is 0 Å². The van der Waals surface area contributed by atoms with Gasteiger partial charge in [0, 0.05) is 5.71 Å². The summed E-state index contributed by atoms with van der Waals surface area (Å²) in [5.74, 6) is -0.126. The quantitative estimate of drug-likeness (QED) is 0.444. The van der Waals surface area contributed by atoms with Crippen molar-refractivity contribution in [1.82, 2.24) is 0 Å². The number of allylic oxidation sites excluding steroid dienone is 4. The van der Waals surface area contributed by atoms with E-state index in [1.165, 1.54) is 0 Å². The molecule has 0 saturated heterocycles. The Labute approximate surface area is 81.3 Å². The van der Waals surface area contributed by atoms with E-state index in [2.05, 4.69) is 11.1 Å². The number of carbonyl (C=O) groups is 1. The number of benzene rings is 1. The van der Waals surface area contributed by atoms with Gasteiger partial charge in [0.2, 0.25) is 0 Å². The van der Waals surface area contributed by atoms with Crippen molar-refractivity contribution >= 4 is 22.8 Å². The SMILES string of the molecule is O=C1[C-]=CC=C2C1=Nc1ccccc12. The molecule has 0 amide bonds. The van der Waals surface area contributed by atoms with Gasteiger partial charge in [-0.2, -0.15) is 12.2 Å². The zero-order valence-corrected chi connectivity index (χ0v) is 7.32. The lowest BCUT2D eigenvalue weighted by Gasteiger charge is -2.12. The predicted molar refractivity (Wildman–Crippen MR) is 54.3 cm³/mol. The van der Waals surface area contributed by atoms with Crippen LogP contribution in [0.3, 0.4) is 0 Å². The fourth-order valence-electron chi connectivity index (χ4n) is 1.72. The number of carbonyl (C=O) groups excluding carboxylic acids is 1. The number of Topliss-reactive ketones (excluding diaryl/α,β-unsaturated/α-hetero) is 1. The molecule has 0 bridgehead atoms. The van der Waals surface area contributed by atoms with E-state index >= 15 is 0 Å². The van der Waals surface area contributed by atoms with Crippen LogP contribution in [0.2, 0.25) is 0 Å². The minimum Gasteiger partial charge on any atom is -0.317 e. The zero-order valence-electron chi connectivity index (χ0n) is 7.32. The van der Waals surface area contributed by atoms with E-state index in [-0.39, 0.29) is 5.78 Å². The van der Waals surface area contributed by atoms with Crippen LogP contribution in [0.4, 0.5) is 5.69 Å². The van der Waals surface area contributed by atoms with Gasteiger partial charge in [-0.05, 0) is 11.6 Å². The summed E-state index contributed by atoms with van der Waals surface area (Å²) in [6.07, 6.45) is 6.15. The molecule has 0 fully saturated rings. The number of para-hydroxylation sites is 1. The van der Waals surface area contributed by atoms with E-state index in [1.807, 2.05) is 30.3 Å². The van der Waals surface area contributed by atoms with Crippen molar-refractivity contribution < 1.29 is 4.79 Å². The number of rotatable bonds is 0. The molecular weight excluding hydrogens is 174 g/mol. The number of hydrogen-bond acceptors (Lipinski definition) is 2. The second kappa shape index (κ2) is 2.51. The predicted octanol–water partition coefficient (Wildman–Crippen LogP) is 2.10. The van der Waals surface area contributed by atoms with Crippen LogP contribution in [0.25, 0.3) is 5.57 Å². The minimum absolute atomic E-state index is 0.126. The highest BCUT2D eigenvalue weighted by Crippen LogP contribution is 2.35. The molecule has 0 radical (unpaired) electrons. The Bertz CT molecular complexity index is 521. The van der Waals surface area contributed by atoms with Gasteiger partial charge in [-0.15, -0.1) is 6.08 Å². The standard InChI is InChI=1S/C12H6NO/c14-11-7-3-5-9-8-4-1-2-6-10(8)13-12(9)11/h1-6H/q-1. The summed E-state index contributed by atoms with van der Waals surface area (Å²) in [5, 5.41) is 0. The van der Waals surface area contributed by atoms with Crippen LogP contribution in [-0.2, 0) is 4.79 Å². The summed E-state index contributed by atoms with van der Waals surface area (Å²) < 4.78 is 0. The Morgan fingerprint density at radius 2 is 2.07 bits per heavy atom. The molecular formula is C12H6NO-. The first-order valence-electron chi connectivity index (χ1n) is 4.39. The molecule has 1 aromatic carbocycles. The fraction of sp³-hybridized carbons (Fsp3) is 0. The van der Waals surface area contributed by atoms with Crippen LogP contribution in [0.1, 0.15) is 5.56 Å². The van der Waals surface area contributed by atoms with Crippen molar-refractivity contribution in [3.8, 4) is 0 Å². The van der Waals surface area contributed by atoms with Crippen molar-refractivity contribution in [2.75, 3.05) is 0 Å². The maximum Gasteiger partial charge on any atom is 0.0927 e. The minimum atomic E-state index is -0.126. The Hall–Kier alpha value is -1.96. The highest BCUT2D eigenvalue weighted by atomic mass is 16.1. The zero-order chi connectivity index (χ0) is 9.54. The molecule has 2 nitrogen and oxygen atoms in total. The van der Waals surface area contributed by atoms with Gasteiger partial charge in [-0.1, -0.05) is 23.8 Å². The highest BCUT2D eigenvalue weighted by molar-refractivity contribution is 6.61. The fourth-order valence-corrected chi connectivity index (χ4v) is 1.72. The molecule has 1 heterocycles. The molecule has 3 rings (SSSR count). The second-order valence-corrected chi connectivity index (χ2v) is 3.20. The third kappa shape index (κ3) is 0.852. The molecule has 1 aromatic rings. The number of hydrogen-bond donors (Lipinski definition) is 0. The monoisotopic (exact) mass is 180 g/mol. The second-order valence-electron chi connectivity index (χ2n) is 3.20. The number of ketones is 1. The average molecular weight is 180 g/mol. The molecule has 14 heavy (non-hydrogen) atoms. The van der Waals surface area contributed by atoms with Crippen LogP contribution in [-0.4, -0.2) is 11.5 Å². The normalized spacial score (nSPS) is 17.3. The van der Waals surface area contributed by atoms with Crippen LogP contribution >= 0.6 is 0 Å². The van der Waals surface area contributed by atoms with E-state index in [1.54, 1.807) is 6.08 Å². The lowest BCUT2D eigenvalue weighted by atomic mass is 9.97. The van der Waals surface area contributed by atoms with Gasteiger partial charge in [0.1, 0.15) is 0 Å². The molecule has 0 aromatic heterocycles. The van der Waals surface area contributed by atoms with E-state index < -0.39 is 0 Å². The van der Waals surface area contributed by atoms with E-state index in [9.17, 15) is 4.79 Å². The number of fused-ring (bicyclic) bond motifs is 3. The van der Waals surface area contributed by atoms with Crippen molar-refractivity contribution in [1.29, 1.82) is 0 Å². The third-order valence-corrected chi connectivity index (χ3v) is 2.36. The van der Waals surface area contributed by atoms with E-state index in [0.717, 1.165) is 16.8 Å². The summed E-state index contributed by atoms with van der Waals surface area (Å²) in [6, 6.07) is 7.76. The molecule has 0 unspecified atom stereocenters. The lowest BCUT2D eigenvalue weighted by Crippen LogP contribution is -2.13. The Morgan fingerprint density at radius 1 is 1.21 bits per heavy atom. The molecule has 66 valence electrons. The van der Waals surface area contributed by atoms with Crippen LogP contribution in [0.15, 0.2) is 41.4 Å². The Balaban J connectivity index is 2.29. The molecule has 1 aliphatic heterocycles. The topological polar surface area (TPSA) is 29.4 Å². The van der Waals surface area contributed by atoms with Gasteiger partial charge >= 0.3 is 0 Å². The smallest absolute Gasteiger partial charge is 0.0927 e. The number of aliphatic imine (C=N–C) groups is 1. The molecule has 2 aliphatic rings. The molecule has 0 atom stereocenters. The maximum atomic E-state index is 11.4. The largest absolute Gasteiger partial charge is 0.317 e. The summed E-state index contributed by atoms with van der Waals surface area (Å²) in [6.45, 7) is 0. The molecule has 1 aliphatic carbocycles. The maximum absolute atomic E-state index is 11.4. The molecule has 2 heteroatoms. The highest BCUT2D eigenvalue weighted by Gasteiger charge is 2.17. The Morgan fingerprint density at radius 3 is 3.00 bits per heavy atom. The Kier molecular flexibility index (Phi) is 1.34. The van der Waals surface area contributed by atoms with Gasteiger partial charge in [0.25, 0.3) is 0 Å². The number of nitrogens with zero attached hydrogens (tertiary/aromatic N) is 1. The summed E-state index contributed by atoms with van der Waals surface area (Å²) in [4.78, 5) is 15.7. The summed E-state index contributed by atoms with van der Waals surface area (Å²) in [7, 11) is 0. The molecule has 0 N–H and O–H groups in total. The first-order valence-corrected chi connectivity index (χ1v) is 4.39. The van der Waals surface area contributed by atoms with E-state index in [0.29, 0.717) is 5.71 Å². The third-order valence-electron chi connectivity index (χ3n) is 2.36. The van der Waals surface area contributed by atoms with Gasteiger partial charge in [-0.25, -0.2) is 0 Å². The van der Waals surface area contributed by atoms with Crippen molar-refractivity contribution in [3.63, 3.8) is 0 Å². The van der Waals surface area contributed by atoms with Gasteiger partial charge in [0.15, 0.2) is 0 Å². The van der Waals surface area contributed by atoms with Crippen LogP contribution in [0.5, 0.6) is 0 Å². The van der Waals surface area contributed by atoms with Gasteiger partial charge in [0.05, 0.1) is 11.5 Å². The molecule has 0 saturated carbocycles. The molecule has 0 spiro atoms. The average Bonchev–Trinajstić information content (AvgIpc) is 2.59. The first kappa shape index (κ1) is 7.44.